The van der Waals surface area contributed by atoms with Crippen molar-refractivity contribution in [1.29, 1.82) is 0 Å². The smallest absolute Gasteiger partial charge is 0.181 e. The summed E-state index contributed by atoms with van der Waals surface area (Å²) in [5, 5.41) is 0.0916. The minimum Gasteiger partial charge on any atom is -0.398 e. The fourth-order valence-corrected chi connectivity index (χ4v) is 3.18. The Bertz CT molecular complexity index is 466. The maximum absolute atomic E-state index is 11.8. The Morgan fingerprint density at radius 2 is 2.00 bits per heavy atom. The molecule has 0 saturated heterocycles. The van der Waals surface area contributed by atoms with Gasteiger partial charge in [-0.25, -0.2) is 8.42 Å². The highest BCUT2D eigenvalue weighted by Crippen LogP contribution is 2.35. The average Bonchev–Trinajstić information content (AvgIpc) is 2.92. The van der Waals surface area contributed by atoms with E-state index in [0.717, 1.165) is 12.8 Å². The Balaban J connectivity index is 2.46. The third-order valence-corrected chi connectivity index (χ3v) is 4.85. The molecule has 2 rings (SSSR count). The summed E-state index contributed by atoms with van der Waals surface area (Å²) in [7, 11) is -3.15. The molecule has 14 heavy (non-hydrogen) atoms. The molecular formula is C9H10ClNO2S. The number of anilines is 1. The Morgan fingerprint density at radius 3 is 2.50 bits per heavy atom. The van der Waals surface area contributed by atoms with E-state index in [1.54, 1.807) is 0 Å². The first-order chi connectivity index (χ1) is 6.51. The molecule has 0 amide bonds. The van der Waals surface area contributed by atoms with Crippen LogP contribution in [0.4, 0.5) is 5.69 Å². The average molecular weight is 232 g/mol. The lowest BCUT2D eigenvalue weighted by atomic mass is 10.3. The van der Waals surface area contributed by atoms with Gasteiger partial charge in [-0.1, -0.05) is 11.6 Å². The summed E-state index contributed by atoms with van der Waals surface area (Å²) in [4.78, 5) is 0.277. The number of nitrogen functional groups attached to an aromatic ring is 1. The second-order valence-corrected chi connectivity index (χ2v) is 6.06. The highest BCUT2D eigenvalue weighted by Gasteiger charge is 2.36. The topological polar surface area (TPSA) is 60.2 Å². The van der Waals surface area contributed by atoms with Crippen LogP contribution in [0, 0.1) is 0 Å². The quantitative estimate of drug-likeness (QED) is 0.791. The van der Waals surface area contributed by atoms with E-state index in [0.29, 0.717) is 10.7 Å². The first-order valence-electron chi connectivity index (χ1n) is 4.31. The van der Waals surface area contributed by atoms with E-state index in [1.807, 2.05) is 0 Å². The Kier molecular flexibility index (Phi) is 2.20. The van der Waals surface area contributed by atoms with E-state index in [1.165, 1.54) is 18.2 Å². The Labute approximate surface area is 87.8 Å². The molecule has 0 radical (unpaired) electrons. The van der Waals surface area contributed by atoms with Crippen LogP contribution in [0.2, 0.25) is 5.02 Å². The summed E-state index contributed by atoms with van der Waals surface area (Å²) in [6.45, 7) is 0. The number of halogens is 1. The summed E-state index contributed by atoms with van der Waals surface area (Å²) in [5.74, 6) is 0. The van der Waals surface area contributed by atoms with Crippen LogP contribution in [0.5, 0.6) is 0 Å². The normalized spacial score (nSPS) is 16.9. The molecule has 1 aromatic carbocycles. The van der Waals surface area contributed by atoms with Gasteiger partial charge in [0.05, 0.1) is 20.9 Å². The molecule has 0 unspecified atom stereocenters. The van der Waals surface area contributed by atoms with Gasteiger partial charge in [-0.15, -0.1) is 0 Å². The molecule has 0 bridgehead atoms. The molecule has 1 fully saturated rings. The summed E-state index contributed by atoms with van der Waals surface area (Å²) in [6.07, 6.45) is 1.51. The van der Waals surface area contributed by atoms with E-state index >= 15 is 0 Å². The third kappa shape index (κ3) is 1.60. The highest BCUT2D eigenvalue weighted by molar-refractivity contribution is 7.92. The van der Waals surface area contributed by atoms with Crippen LogP contribution in [-0.2, 0) is 9.84 Å². The lowest BCUT2D eigenvalue weighted by Gasteiger charge is -2.04. The van der Waals surface area contributed by atoms with E-state index in [-0.39, 0.29) is 10.1 Å². The predicted molar refractivity (Wildman–Crippen MR) is 56.1 cm³/mol. The second-order valence-electron chi connectivity index (χ2n) is 3.43. The van der Waals surface area contributed by atoms with E-state index in [2.05, 4.69) is 0 Å². The molecule has 1 saturated carbocycles. The lowest BCUT2D eigenvalue weighted by Crippen LogP contribution is -2.07. The lowest BCUT2D eigenvalue weighted by molar-refractivity contribution is 0.595. The summed E-state index contributed by atoms with van der Waals surface area (Å²) < 4.78 is 23.5. The minimum atomic E-state index is -3.15. The fourth-order valence-electron chi connectivity index (χ4n) is 1.26. The molecule has 1 aliphatic carbocycles. The number of hydrogen-bond acceptors (Lipinski definition) is 3. The fraction of sp³-hybridized carbons (Fsp3) is 0.333. The van der Waals surface area contributed by atoms with Gasteiger partial charge in [0, 0.05) is 0 Å². The van der Waals surface area contributed by atoms with Gasteiger partial charge in [0.25, 0.3) is 0 Å². The summed E-state index contributed by atoms with van der Waals surface area (Å²) >= 11 is 5.76. The molecule has 0 aromatic heterocycles. The number of nitrogens with two attached hydrogens (primary N) is 1. The van der Waals surface area contributed by atoms with Gasteiger partial charge in [-0.3, -0.25) is 0 Å². The van der Waals surface area contributed by atoms with E-state index in [4.69, 9.17) is 17.3 Å². The molecule has 76 valence electrons. The second kappa shape index (κ2) is 3.14. The zero-order chi connectivity index (χ0) is 10.3. The van der Waals surface area contributed by atoms with Gasteiger partial charge >= 0.3 is 0 Å². The van der Waals surface area contributed by atoms with Crippen molar-refractivity contribution in [3.8, 4) is 0 Å². The molecular weight excluding hydrogens is 222 g/mol. The molecule has 3 nitrogen and oxygen atoms in total. The molecule has 0 spiro atoms. The van der Waals surface area contributed by atoms with Crippen molar-refractivity contribution in [2.45, 2.75) is 23.0 Å². The van der Waals surface area contributed by atoms with Crippen molar-refractivity contribution in [2.75, 3.05) is 5.73 Å². The van der Waals surface area contributed by atoms with Crippen molar-refractivity contribution in [1.82, 2.24) is 0 Å². The van der Waals surface area contributed by atoms with Crippen LogP contribution >= 0.6 is 11.6 Å². The number of rotatable bonds is 2. The van der Waals surface area contributed by atoms with Crippen LogP contribution in [0.15, 0.2) is 23.1 Å². The van der Waals surface area contributed by atoms with Crippen molar-refractivity contribution >= 4 is 27.1 Å². The number of benzene rings is 1. The molecule has 5 heteroatoms. The largest absolute Gasteiger partial charge is 0.398 e. The van der Waals surface area contributed by atoms with Crippen molar-refractivity contribution in [3.05, 3.63) is 23.2 Å². The van der Waals surface area contributed by atoms with Gasteiger partial charge in [0.15, 0.2) is 9.84 Å². The highest BCUT2D eigenvalue weighted by atomic mass is 35.5. The SMILES string of the molecule is Nc1ccc(S(=O)(=O)C2CC2)cc1Cl. The van der Waals surface area contributed by atoms with Crippen LogP contribution in [0.25, 0.3) is 0 Å². The van der Waals surface area contributed by atoms with Crippen LogP contribution < -0.4 is 5.73 Å². The minimum absolute atomic E-state index is 0.206. The summed E-state index contributed by atoms with van der Waals surface area (Å²) in [6, 6.07) is 4.46. The Hall–Kier alpha value is -0.740. The first-order valence-corrected chi connectivity index (χ1v) is 6.23. The van der Waals surface area contributed by atoms with Gasteiger partial charge in [0.2, 0.25) is 0 Å². The maximum Gasteiger partial charge on any atom is 0.181 e. The van der Waals surface area contributed by atoms with Gasteiger partial charge in [0.1, 0.15) is 0 Å². The Morgan fingerprint density at radius 1 is 1.36 bits per heavy atom. The summed E-state index contributed by atoms with van der Waals surface area (Å²) in [5.41, 5.74) is 5.90. The van der Waals surface area contributed by atoms with Gasteiger partial charge < -0.3 is 5.73 Å². The van der Waals surface area contributed by atoms with Gasteiger partial charge in [-0.2, -0.15) is 0 Å². The van der Waals surface area contributed by atoms with Crippen LogP contribution in [-0.4, -0.2) is 13.7 Å². The van der Waals surface area contributed by atoms with Crippen LogP contribution in [0.1, 0.15) is 12.8 Å². The maximum atomic E-state index is 11.8. The van der Waals surface area contributed by atoms with E-state index in [9.17, 15) is 8.42 Å². The van der Waals surface area contributed by atoms with E-state index < -0.39 is 9.84 Å². The number of hydrogen-bond donors (Lipinski definition) is 1. The zero-order valence-corrected chi connectivity index (χ0v) is 8.98. The molecule has 0 aliphatic heterocycles. The molecule has 1 aromatic rings. The van der Waals surface area contributed by atoms with Crippen molar-refractivity contribution in [2.24, 2.45) is 0 Å². The molecule has 1 aliphatic rings. The zero-order valence-electron chi connectivity index (χ0n) is 7.40. The third-order valence-electron chi connectivity index (χ3n) is 2.26. The standard InChI is InChI=1S/C9H10ClNO2S/c10-8-5-7(3-4-9(8)11)14(12,13)6-1-2-6/h3-6H,1-2,11H2. The monoisotopic (exact) mass is 231 g/mol. The molecule has 0 atom stereocenters. The van der Waals surface area contributed by atoms with Gasteiger partial charge in [-0.05, 0) is 31.0 Å². The predicted octanol–water partition coefficient (Wildman–Crippen LogP) is 1.86. The van der Waals surface area contributed by atoms with Crippen molar-refractivity contribution < 1.29 is 8.42 Å². The van der Waals surface area contributed by atoms with Crippen molar-refractivity contribution in [3.63, 3.8) is 0 Å². The molecule has 0 heterocycles. The molecule has 2 N–H and O–H groups in total. The number of sulfone groups is 1. The van der Waals surface area contributed by atoms with Crippen LogP contribution in [0.3, 0.4) is 0 Å². The first kappa shape index (κ1) is 9.80.